The average molecular weight is 393 g/mol. The zero-order valence-corrected chi connectivity index (χ0v) is 16.2. The first kappa shape index (κ1) is 19.2. The number of halogens is 1. The minimum Gasteiger partial charge on any atom is -0.349 e. The van der Waals surface area contributed by atoms with E-state index in [0.717, 1.165) is 18.4 Å². The van der Waals surface area contributed by atoms with Gasteiger partial charge < -0.3 is 14.8 Å². The summed E-state index contributed by atoms with van der Waals surface area (Å²) < 4.78 is 15.1. The van der Waals surface area contributed by atoms with E-state index in [2.05, 4.69) is 28.1 Å². The largest absolute Gasteiger partial charge is 0.349 e. The summed E-state index contributed by atoms with van der Waals surface area (Å²) in [6.45, 7) is 1.94. The van der Waals surface area contributed by atoms with E-state index in [-0.39, 0.29) is 23.7 Å². The average Bonchev–Trinajstić information content (AvgIpc) is 3.16. The molecule has 1 aliphatic heterocycles. The first-order valence-electron chi connectivity index (χ1n) is 9.98. The van der Waals surface area contributed by atoms with Crippen molar-refractivity contribution in [3.8, 4) is 0 Å². The Bertz CT molecular complexity index is 1000. The van der Waals surface area contributed by atoms with Crippen molar-refractivity contribution >= 4 is 22.7 Å². The van der Waals surface area contributed by atoms with Crippen molar-refractivity contribution in [1.29, 1.82) is 0 Å². The van der Waals surface area contributed by atoms with Gasteiger partial charge in [-0.15, -0.1) is 0 Å². The fraction of sp³-hybridized carbons (Fsp3) is 0.304. The lowest BCUT2D eigenvalue weighted by Gasteiger charge is -2.32. The molecule has 2 heterocycles. The molecule has 2 aromatic carbocycles. The second kappa shape index (κ2) is 8.47. The van der Waals surface area contributed by atoms with E-state index in [1.54, 1.807) is 0 Å². The number of hydrogen-bond acceptors (Lipinski definition) is 2. The number of rotatable bonds is 5. The molecule has 6 heteroatoms. The van der Waals surface area contributed by atoms with E-state index in [0.29, 0.717) is 31.6 Å². The van der Waals surface area contributed by atoms with Crippen LogP contribution in [0.2, 0.25) is 0 Å². The lowest BCUT2D eigenvalue weighted by atomic mass is 10.0. The molecule has 0 radical (unpaired) electrons. The molecular weight excluding hydrogens is 369 g/mol. The molecule has 1 N–H and O–H groups in total. The van der Waals surface area contributed by atoms with Gasteiger partial charge in [0.1, 0.15) is 5.82 Å². The molecule has 150 valence electrons. The van der Waals surface area contributed by atoms with Crippen LogP contribution in [0.4, 0.5) is 4.39 Å². The van der Waals surface area contributed by atoms with Crippen molar-refractivity contribution in [2.45, 2.75) is 31.8 Å². The third-order valence-corrected chi connectivity index (χ3v) is 5.54. The maximum Gasteiger partial charge on any atom is 0.251 e. The number of amides is 2. The Hall–Kier alpha value is -3.15. The molecule has 4 rings (SSSR count). The summed E-state index contributed by atoms with van der Waals surface area (Å²) in [6.07, 6.45) is 3.94. The summed E-state index contributed by atoms with van der Waals surface area (Å²) >= 11 is 0. The van der Waals surface area contributed by atoms with Gasteiger partial charge in [-0.25, -0.2) is 4.39 Å². The number of aryl methyl sites for hydroxylation is 1. The van der Waals surface area contributed by atoms with E-state index < -0.39 is 0 Å². The number of nitrogens with one attached hydrogen (secondary N) is 1. The third-order valence-electron chi connectivity index (χ3n) is 5.54. The van der Waals surface area contributed by atoms with Crippen molar-refractivity contribution in [2.75, 3.05) is 13.1 Å². The van der Waals surface area contributed by atoms with Crippen LogP contribution in [0.5, 0.6) is 0 Å². The standard InChI is InChI=1S/C23H24FN3O2/c24-19-7-5-18(6-8-19)23(29)25-20-10-14-27(15-11-20)22(28)12-16-26-13-9-17-3-1-2-4-21(17)26/h1-9,13,20H,10-12,14-16H2,(H,25,29). The highest BCUT2D eigenvalue weighted by molar-refractivity contribution is 5.94. The molecule has 3 aromatic rings. The molecule has 2 amide bonds. The van der Waals surface area contributed by atoms with Gasteiger partial charge in [-0.05, 0) is 54.6 Å². The molecule has 0 spiro atoms. The van der Waals surface area contributed by atoms with Gasteiger partial charge in [-0.3, -0.25) is 9.59 Å². The number of piperidine rings is 1. The fourth-order valence-electron chi connectivity index (χ4n) is 3.85. The normalized spacial score (nSPS) is 14.9. The molecule has 0 aliphatic carbocycles. The van der Waals surface area contributed by atoms with Crippen molar-refractivity contribution in [1.82, 2.24) is 14.8 Å². The van der Waals surface area contributed by atoms with E-state index in [4.69, 9.17) is 0 Å². The number of para-hydroxylation sites is 1. The van der Waals surface area contributed by atoms with Gasteiger partial charge in [0.25, 0.3) is 5.91 Å². The van der Waals surface area contributed by atoms with E-state index >= 15 is 0 Å². The van der Waals surface area contributed by atoms with Crippen LogP contribution in [0.3, 0.4) is 0 Å². The number of hydrogen-bond donors (Lipinski definition) is 1. The van der Waals surface area contributed by atoms with Gasteiger partial charge in [0, 0.05) is 49.4 Å². The number of benzene rings is 2. The molecular formula is C23H24FN3O2. The number of aromatic nitrogens is 1. The Morgan fingerprint density at radius 3 is 2.48 bits per heavy atom. The topological polar surface area (TPSA) is 54.3 Å². The third kappa shape index (κ3) is 4.47. The number of likely N-dealkylation sites (tertiary alicyclic amines) is 1. The first-order chi connectivity index (χ1) is 14.1. The second-order valence-electron chi connectivity index (χ2n) is 7.45. The van der Waals surface area contributed by atoms with Crippen molar-refractivity contribution in [3.05, 3.63) is 72.2 Å². The molecule has 0 atom stereocenters. The minimum atomic E-state index is -0.360. The monoisotopic (exact) mass is 393 g/mol. The van der Waals surface area contributed by atoms with Gasteiger partial charge in [0.05, 0.1) is 0 Å². The van der Waals surface area contributed by atoms with Crippen molar-refractivity contribution in [3.63, 3.8) is 0 Å². The van der Waals surface area contributed by atoms with Gasteiger partial charge in [0.15, 0.2) is 0 Å². The quantitative estimate of drug-likeness (QED) is 0.720. The summed E-state index contributed by atoms with van der Waals surface area (Å²) in [5, 5.41) is 4.16. The lowest BCUT2D eigenvalue weighted by molar-refractivity contribution is -0.132. The molecule has 1 saturated heterocycles. The molecule has 1 fully saturated rings. The SMILES string of the molecule is O=C(NC1CCN(C(=O)CCn2ccc3ccccc32)CC1)c1ccc(F)cc1. The predicted molar refractivity (Wildman–Crippen MR) is 110 cm³/mol. The zero-order chi connectivity index (χ0) is 20.2. The van der Waals surface area contributed by atoms with Gasteiger partial charge in [-0.2, -0.15) is 0 Å². The van der Waals surface area contributed by atoms with Crippen LogP contribution in [0.1, 0.15) is 29.6 Å². The Morgan fingerprint density at radius 2 is 1.72 bits per heavy atom. The van der Waals surface area contributed by atoms with Crippen LogP contribution in [0, 0.1) is 5.82 Å². The first-order valence-corrected chi connectivity index (χ1v) is 9.98. The molecule has 0 bridgehead atoms. The molecule has 1 aliphatic rings. The Labute approximate surface area is 169 Å². The van der Waals surface area contributed by atoms with E-state index in [1.807, 2.05) is 23.2 Å². The van der Waals surface area contributed by atoms with Crippen molar-refractivity contribution in [2.24, 2.45) is 0 Å². The minimum absolute atomic E-state index is 0.0324. The molecule has 0 unspecified atom stereocenters. The Balaban J connectivity index is 1.25. The zero-order valence-electron chi connectivity index (χ0n) is 16.2. The van der Waals surface area contributed by atoms with E-state index in [1.165, 1.54) is 29.7 Å². The summed E-state index contributed by atoms with van der Waals surface area (Å²) in [6, 6.07) is 15.8. The Morgan fingerprint density at radius 1 is 1.00 bits per heavy atom. The van der Waals surface area contributed by atoms with Crippen LogP contribution in [0.25, 0.3) is 10.9 Å². The molecule has 29 heavy (non-hydrogen) atoms. The molecule has 1 aromatic heterocycles. The number of carbonyl (C=O) groups excluding carboxylic acids is 2. The van der Waals surface area contributed by atoms with Crippen LogP contribution < -0.4 is 5.32 Å². The molecule has 0 saturated carbocycles. The van der Waals surface area contributed by atoms with Crippen LogP contribution >= 0.6 is 0 Å². The van der Waals surface area contributed by atoms with Crippen LogP contribution in [0.15, 0.2) is 60.8 Å². The van der Waals surface area contributed by atoms with E-state index in [9.17, 15) is 14.0 Å². The summed E-state index contributed by atoms with van der Waals surface area (Å²) in [7, 11) is 0. The smallest absolute Gasteiger partial charge is 0.251 e. The maximum atomic E-state index is 13.0. The summed E-state index contributed by atoms with van der Waals surface area (Å²) in [4.78, 5) is 26.7. The van der Waals surface area contributed by atoms with Gasteiger partial charge in [0.2, 0.25) is 5.91 Å². The fourth-order valence-corrected chi connectivity index (χ4v) is 3.85. The summed E-state index contributed by atoms with van der Waals surface area (Å²) in [5.74, 6) is -0.415. The highest BCUT2D eigenvalue weighted by atomic mass is 19.1. The predicted octanol–water partition coefficient (Wildman–Crippen LogP) is 3.59. The highest BCUT2D eigenvalue weighted by Crippen LogP contribution is 2.17. The molecule has 5 nitrogen and oxygen atoms in total. The number of carbonyl (C=O) groups is 2. The second-order valence-corrected chi connectivity index (χ2v) is 7.45. The highest BCUT2D eigenvalue weighted by Gasteiger charge is 2.24. The number of fused-ring (bicyclic) bond motifs is 1. The van der Waals surface area contributed by atoms with Crippen LogP contribution in [-0.4, -0.2) is 40.4 Å². The van der Waals surface area contributed by atoms with Crippen LogP contribution in [-0.2, 0) is 11.3 Å². The van der Waals surface area contributed by atoms with Gasteiger partial charge >= 0.3 is 0 Å². The lowest BCUT2D eigenvalue weighted by Crippen LogP contribution is -2.46. The summed E-state index contributed by atoms with van der Waals surface area (Å²) in [5.41, 5.74) is 1.59. The number of nitrogens with zero attached hydrogens (tertiary/aromatic N) is 2. The Kier molecular flexibility index (Phi) is 5.60. The van der Waals surface area contributed by atoms with Crippen molar-refractivity contribution < 1.29 is 14.0 Å². The van der Waals surface area contributed by atoms with Gasteiger partial charge in [-0.1, -0.05) is 18.2 Å². The maximum absolute atomic E-state index is 13.0.